The first-order chi connectivity index (χ1) is 31.0. The molecule has 2 saturated heterocycles. The summed E-state index contributed by atoms with van der Waals surface area (Å²) in [5, 5.41) is 10.1. The van der Waals surface area contributed by atoms with Crippen molar-refractivity contribution < 1.29 is 47.6 Å². The van der Waals surface area contributed by atoms with Crippen molar-refractivity contribution >= 4 is 59.3 Å². The number of hydrogen-bond acceptors (Lipinski definition) is 9. The lowest BCUT2D eigenvalue weighted by Crippen LogP contribution is -2.43. The maximum atomic E-state index is 15.1. The van der Waals surface area contributed by atoms with E-state index in [1.54, 1.807) is 70.9 Å². The highest BCUT2D eigenvalue weighted by Gasteiger charge is 2.62. The summed E-state index contributed by atoms with van der Waals surface area (Å²) in [6, 6.07) is 29.1. The third-order valence-corrected chi connectivity index (χ3v) is 13.1. The molecule has 5 aromatic rings. The third-order valence-electron chi connectivity index (χ3n) is 13.1. The number of methoxy groups -OCH3 is 4. The van der Waals surface area contributed by atoms with Crippen LogP contribution in [0.1, 0.15) is 46.6 Å². The molecule has 0 bridgehead atoms. The van der Waals surface area contributed by atoms with Gasteiger partial charge in [-0.1, -0.05) is 66.3 Å². The van der Waals surface area contributed by atoms with E-state index in [-0.39, 0.29) is 24.7 Å². The number of carbonyl (C=O) groups is 4. The van der Waals surface area contributed by atoms with Crippen LogP contribution in [-0.4, -0.2) is 57.2 Å². The molecule has 12 heteroatoms. The van der Waals surface area contributed by atoms with Gasteiger partial charge in [0.1, 0.15) is 23.0 Å². The zero-order chi connectivity index (χ0) is 44.8. The van der Waals surface area contributed by atoms with Gasteiger partial charge in [-0.15, -0.1) is 0 Å². The van der Waals surface area contributed by atoms with Gasteiger partial charge in [0, 0.05) is 17.0 Å². The number of halogens is 1. The molecule has 0 radical (unpaired) electrons. The van der Waals surface area contributed by atoms with E-state index in [0.29, 0.717) is 39.9 Å². The van der Waals surface area contributed by atoms with Crippen molar-refractivity contribution in [2.24, 2.45) is 29.6 Å². The molecule has 2 heterocycles. The molecule has 2 aliphatic heterocycles. The smallest absolute Gasteiger partial charge is 0.238 e. The molecule has 5 aromatic carbocycles. The van der Waals surface area contributed by atoms with Gasteiger partial charge in [-0.25, -0.2) is 4.39 Å². The number of hydrogen-bond donors (Lipinski definition) is 1. The summed E-state index contributed by atoms with van der Waals surface area (Å²) >= 11 is 0. The summed E-state index contributed by atoms with van der Waals surface area (Å²) in [5.74, 6) is -4.92. The molecule has 6 atom stereocenters. The average molecular weight is 861 g/mol. The molecule has 4 aliphatic rings. The number of ether oxygens (including phenoxy) is 4. The molecule has 0 spiro atoms. The van der Waals surface area contributed by atoms with E-state index in [9.17, 15) is 24.3 Å². The minimum atomic E-state index is -0.906. The van der Waals surface area contributed by atoms with E-state index in [2.05, 4.69) is 0 Å². The van der Waals surface area contributed by atoms with E-state index < -0.39 is 58.9 Å². The minimum Gasteiger partial charge on any atom is -0.505 e. The molecule has 11 nitrogen and oxygen atoms in total. The quantitative estimate of drug-likeness (QED) is 0.0786. The average Bonchev–Trinajstić information content (AvgIpc) is 3.73. The van der Waals surface area contributed by atoms with Crippen LogP contribution in [0.5, 0.6) is 28.7 Å². The van der Waals surface area contributed by atoms with Gasteiger partial charge in [0.25, 0.3) is 0 Å². The summed E-state index contributed by atoms with van der Waals surface area (Å²) in [5.41, 5.74) is 5.17. The Hall–Kier alpha value is -7.47. The molecule has 1 saturated carbocycles. The number of rotatable bonds is 11. The van der Waals surface area contributed by atoms with Crippen molar-refractivity contribution in [3.8, 4) is 28.7 Å². The lowest BCUT2D eigenvalue weighted by molar-refractivity contribution is -0.126. The predicted octanol–water partition coefficient (Wildman–Crippen LogP) is 8.95. The molecule has 2 aliphatic carbocycles. The second-order valence-corrected chi connectivity index (χ2v) is 16.3. The summed E-state index contributed by atoms with van der Waals surface area (Å²) in [7, 11) is 6.36. The van der Waals surface area contributed by atoms with Gasteiger partial charge < -0.3 is 24.1 Å². The van der Waals surface area contributed by atoms with Gasteiger partial charge in [0.2, 0.25) is 23.6 Å². The normalized spacial score (nSPS) is 22.7. The molecule has 64 heavy (non-hydrogen) atoms. The van der Waals surface area contributed by atoms with Gasteiger partial charge in [-0.3, -0.25) is 29.0 Å². The number of aromatic hydroxyl groups is 1. The van der Waals surface area contributed by atoms with Crippen LogP contribution in [0.3, 0.4) is 0 Å². The van der Waals surface area contributed by atoms with Gasteiger partial charge in [0.15, 0.2) is 11.6 Å². The highest BCUT2D eigenvalue weighted by atomic mass is 19.1. The Morgan fingerprint density at radius 3 is 1.58 bits per heavy atom. The zero-order valence-corrected chi connectivity index (χ0v) is 35.6. The lowest BCUT2D eigenvalue weighted by Gasteiger charge is -2.44. The first-order valence-electron chi connectivity index (χ1n) is 21.0. The standard InChI is InChI=1S/C52H45FN2O9/c1-61-36-18-23-44(63-3)31(25-36)11-5-29-7-14-34(15-8-29)54-49(57)39-21-20-38-40(47(39)51(54)59)28-41-48(46(38)33-13-22-43(56)42(53)27-33)52(60)55(50(41)58)35-16-9-30(10-17-35)6-12-32-26-37(62-2)19-24-45(32)64-4/h5-20,22-27,39-41,46-48,56H,21,28H2,1-4H3/t39-,40+,41+,46-,47-,48+/m0/s1. The number of anilines is 2. The summed E-state index contributed by atoms with van der Waals surface area (Å²) in [4.78, 5) is 60.4. The summed E-state index contributed by atoms with van der Waals surface area (Å²) in [6.45, 7) is 0. The number of amides is 4. The van der Waals surface area contributed by atoms with Crippen LogP contribution in [0.4, 0.5) is 15.8 Å². The van der Waals surface area contributed by atoms with Crippen LogP contribution in [0.2, 0.25) is 0 Å². The lowest BCUT2D eigenvalue weighted by atomic mass is 9.57. The number of nitrogens with zero attached hydrogens (tertiary/aromatic N) is 2. The topological polar surface area (TPSA) is 132 Å². The predicted molar refractivity (Wildman–Crippen MR) is 240 cm³/mol. The summed E-state index contributed by atoms with van der Waals surface area (Å²) in [6.07, 6.45) is 9.85. The molecule has 0 aromatic heterocycles. The zero-order valence-electron chi connectivity index (χ0n) is 35.6. The van der Waals surface area contributed by atoms with E-state index in [0.717, 1.165) is 27.8 Å². The molecule has 324 valence electrons. The number of imide groups is 2. The fourth-order valence-electron chi connectivity index (χ4n) is 9.97. The van der Waals surface area contributed by atoms with Crippen molar-refractivity contribution in [3.05, 3.63) is 148 Å². The van der Waals surface area contributed by atoms with Gasteiger partial charge in [-0.05, 0) is 108 Å². The van der Waals surface area contributed by atoms with Gasteiger partial charge in [-0.2, -0.15) is 0 Å². The highest BCUT2D eigenvalue weighted by Crippen LogP contribution is 2.58. The third kappa shape index (κ3) is 7.28. The summed E-state index contributed by atoms with van der Waals surface area (Å²) < 4.78 is 36.9. The Kier molecular flexibility index (Phi) is 11.1. The molecule has 4 amide bonds. The fourth-order valence-corrected chi connectivity index (χ4v) is 9.97. The van der Waals surface area contributed by atoms with E-state index >= 15 is 4.39 Å². The van der Waals surface area contributed by atoms with Gasteiger partial charge >= 0.3 is 0 Å². The van der Waals surface area contributed by atoms with Crippen LogP contribution in [0, 0.1) is 35.4 Å². The maximum absolute atomic E-state index is 15.1. The Morgan fingerprint density at radius 1 is 0.562 bits per heavy atom. The van der Waals surface area contributed by atoms with Crippen LogP contribution in [0.15, 0.2) is 115 Å². The first-order valence-corrected chi connectivity index (χ1v) is 21.0. The molecular weight excluding hydrogens is 816 g/mol. The highest BCUT2D eigenvalue weighted by molar-refractivity contribution is 6.24. The maximum Gasteiger partial charge on any atom is 0.238 e. The van der Waals surface area contributed by atoms with E-state index in [1.807, 2.05) is 78.9 Å². The van der Waals surface area contributed by atoms with Crippen molar-refractivity contribution in [3.63, 3.8) is 0 Å². The Bertz CT molecular complexity index is 2780. The Labute approximate surface area is 369 Å². The molecule has 3 fully saturated rings. The van der Waals surface area contributed by atoms with Crippen LogP contribution in [-0.2, 0) is 19.2 Å². The number of fused-ring (bicyclic) bond motifs is 4. The van der Waals surface area contributed by atoms with Crippen molar-refractivity contribution in [2.75, 3.05) is 38.2 Å². The number of allylic oxidation sites excluding steroid dienone is 2. The molecule has 1 N–H and O–H groups in total. The van der Waals surface area contributed by atoms with Crippen molar-refractivity contribution in [1.82, 2.24) is 0 Å². The van der Waals surface area contributed by atoms with E-state index in [1.165, 1.54) is 21.9 Å². The molecule has 9 rings (SSSR count). The molecule has 0 unspecified atom stereocenters. The number of carbonyl (C=O) groups excluding carboxylic acids is 4. The second-order valence-electron chi connectivity index (χ2n) is 16.3. The minimum absolute atomic E-state index is 0.156. The van der Waals surface area contributed by atoms with E-state index in [4.69, 9.17) is 18.9 Å². The number of phenols is 1. The first kappa shape index (κ1) is 41.9. The number of phenolic OH excluding ortho intramolecular Hbond substituents is 1. The number of benzene rings is 5. The van der Waals surface area contributed by atoms with Gasteiger partial charge in [0.05, 0.1) is 63.5 Å². The SMILES string of the molecule is COc1ccc(OC)c(C=Cc2ccc(N3C(=O)[C@H]4[C@H](CC=C5[C@H]4C[C@H]4C(=O)N(c6ccc(C=Cc7cc(OC)ccc7OC)cc6)C(=O)[C@H]4[C@H]5c4ccc(O)c(F)c4)C3=O)cc2)c1. The van der Waals surface area contributed by atoms with Crippen LogP contribution >= 0.6 is 0 Å². The van der Waals surface area contributed by atoms with Crippen molar-refractivity contribution in [1.29, 1.82) is 0 Å². The Balaban J connectivity index is 1.000. The van der Waals surface area contributed by atoms with Crippen LogP contribution in [0.25, 0.3) is 24.3 Å². The fraction of sp³-hybridized carbons (Fsp3) is 0.231. The Morgan fingerprint density at radius 2 is 1.08 bits per heavy atom. The monoisotopic (exact) mass is 860 g/mol. The largest absolute Gasteiger partial charge is 0.505 e. The second kappa shape index (κ2) is 17.0. The molecular formula is C52H45FN2O9. The van der Waals surface area contributed by atoms with Crippen LogP contribution < -0.4 is 28.7 Å². The van der Waals surface area contributed by atoms with Crippen molar-refractivity contribution in [2.45, 2.75) is 18.8 Å².